The summed E-state index contributed by atoms with van der Waals surface area (Å²) < 4.78 is 19.2. The van der Waals surface area contributed by atoms with Gasteiger partial charge in [0.15, 0.2) is 0 Å². The van der Waals surface area contributed by atoms with Crippen LogP contribution in [0.5, 0.6) is 5.75 Å². The number of non-ortho nitro benzene ring substituents is 1. The number of hydrogen-bond donors (Lipinski definition) is 0. The standard InChI is InChI=1S/C16H11FN2O3S/c17-15-7-2-1-6-14(15)16-18-11(10-23-16)9-22-13-5-3-4-12(8-13)19(20)21/h1-8,10H,9H2. The Bertz CT molecular complexity index is 851. The Balaban J connectivity index is 1.72. The third kappa shape index (κ3) is 3.51. The van der Waals surface area contributed by atoms with Gasteiger partial charge in [-0.05, 0) is 18.2 Å². The maximum Gasteiger partial charge on any atom is 0.273 e. The van der Waals surface area contributed by atoms with E-state index in [0.29, 0.717) is 22.0 Å². The van der Waals surface area contributed by atoms with Gasteiger partial charge in [-0.2, -0.15) is 0 Å². The SMILES string of the molecule is O=[N+]([O-])c1cccc(OCc2csc(-c3ccccc3F)n2)c1. The molecule has 0 aliphatic heterocycles. The van der Waals surface area contributed by atoms with Gasteiger partial charge in [0.1, 0.15) is 23.2 Å². The molecule has 0 aliphatic rings. The Morgan fingerprint density at radius 1 is 1.22 bits per heavy atom. The summed E-state index contributed by atoms with van der Waals surface area (Å²) in [4.78, 5) is 14.6. The number of rotatable bonds is 5. The predicted molar refractivity (Wildman–Crippen MR) is 84.9 cm³/mol. The molecule has 0 saturated heterocycles. The van der Waals surface area contributed by atoms with E-state index < -0.39 is 4.92 Å². The van der Waals surface area contributed by atoms with E-state index in [1.807, 2.05) is 0 Å². The molecular formula is C16H11FN2O3S. The Morgan fingerprint density at radius 3 is 2.83 bits per heavy atom. The minimum Gasteiger partial charge on any atom is -0.487 e. The van der Waals surface area contributed by atoms with Gasteiger partial charge in [0.25, 0.3) is 5.69 Å². The van der Waals surface area contributed by atoms with E-state index in [-0.39, 0.29) is 18.1 Å². The monoisotopic (exact) mass is 330 g/mol. The molecule has 0 fully saturated rings. The summed E-state index contributed by atoms with van der Waals surface area (Å²) in [5.41, 5.74) is 1.05. The fourth-order valence-electron chi connectivity index (χ4n) is 1.98. The molecule has 1 aromatic heterocycles. The van der Waals surface area contributed by atoms with Crippen molar-refractivity contribution < 1.29 is 14.1 Å². The second kappa shape index (κ2) is 6.53. The smallest absolute Gasteiger partial charge is 0.273 e. The highest BCUT2D eigenvalue weighted by atomic mass is 32.1. The average Bonchev–Trinajstić information content (AvgIpc) is 3.02. The van der Waals surface area contributed by atoms with Gasteiger partial charge in [0.2, 0.25) is 0 Å². The molecule has 0 spiro atoms. The van der Waals surface area contributed by atoms with Crippen molar-refractivity contribution in [1.29, 1.82) is 0 Å². The van der Waals surface area contributed by atoms with E-state index in [9.17, 15) is 14.5 Å². The van der Waals surface area contributed by atoms with Gasteiger partial charge in [0, 0.05) is 17.0 Å². The number of ether oxygens (including phenoxy) is 1. The molecule has 7 heteroatoms. The number of nitrogens with zero attached hydrogens (tertiary/aromatic N) is 2. The van der Waals surface area contributed by atoms with E-state index in [0.717, 1.165) is 0 Å². The topological polar surface area (TPSA) is 65.3 Å². The third-order valence-corrected chi connectivity index (χ3v) is 4.00. The zero-order chi connectivity index (χ0) is 16.2. The van der Waals surface area contributed by atoms with Crippen LogP contribution in [0.15, 0.2) is 53.9 Å². The van der Waals surface area contributed by atoms with Crippen molar-refractivity contribution in [1.82, 2.24) is 4.98 Å². The largest absolute Gasteiger partial charge is 0.487 e. The lowest BCUT2D eigenvalue weighted by atomic mass is 10.2. The predicted octanol–water partition coefficient (Wildman–Crippen LogP) is 4.44. The van der Waals surface area contributed by atoms with Gasteiger partial charge < -0.3 is 4.74 Å². The molecule has 1 heterocycles. The van der Waals surface area contributed by atoms with Crippen LogP contribution >= 0.6 is 11.3 Å². The summed E-state index contributed by atoms with van der Waals surface area (Å²) in [6, 6.07) is 12.4. The summed E-state index contributed by atoms with van der Waals surface area (Å²) in [5, 5.41) is 13.1. The highest BCUT2D eigenvalue weighted by Gasteiger charge is 2.10. The number of aromatic nitrogens is 1. The summed E-state index contributed by atoms with van der Waals surface area (Å²) in [6.07, 6.45) is 0. The Kier molecular flexibility index (Phi) is 4.29. The number of nitro benzene ring substituents is 1. The average molecular weight is 330 g/mol. The van der Waals surface area contributed by atoms with Crippen molar-refractivity contribution in [2.75, 3.05) is 0 Å². The lowest BCUT2D eigenvalue weighted by Gasteiger charge is -2.03. The zero-order valence-electron chi connectivity index (χ0n) is 11.8. The lowest BCUT2D eigenvalue weighted by Crippen LogP contribution is -1.97. The van der Waals surface area contributed by atoms with Crippen LogP contribution in [0.4, 0.5) is 10.1 Å². The fourth-order valence-corrected chi connectivity index (χ4v) is 2.81. The molecule has 2 aromatic carbocycles. The van der Waals surface area contributed by atoms with Crippen molar-refractivity contribution in [3.8, 4) is 16.3 Å². The van der Waals surface area contributed by atoms with Gasteiger partial charge in [-0.15, -0.1) is 11.3 Å². The first-order chi connectivity index (χ1) is 11.1. The Labute approximate surface area is 135 Å². The Hall–Kier alpha value is -2.80. The van der Waals surface area contributed by atoms with Gasteiger partial charge in [-0.25, -0.2) is 9.37 Å². The molecule has 5 nitrogen and oxygen atoms in total. The van der Waals surface area contributed by atoms with Crippen LogP contribution in [-0.4, -0.2) is 9.91 Å². The summed E-state index contributed by atoms with van der Waals surface area (Å²) in [6.45, 7) is 0.159. The number of benzene rings is 2. The number of nitro groups is 1. The summed E-state index contributed by atoms with van der Waals surface area (Å²) in [7, 11) is 0. The van der Waals surface area contributed by atoms with Crippen molar-refractivity contribution >= 4 is 17.0 Å². The van der Waals surface area contributed by atoms with Crippen molar-refractivity contribution in [2.45, 2.75) is 6.61 Å². The van der Waals surface area contributed by atoms with Gasteiger partial charge >= 0.3 is 0 Å². The molecule has 0 aliphatic carbocycles. The quantitative estimate of drug-likeness (QED) is 0.512. The molecule has 3 aromatic rings. The van der Waals surface area contributed by atoms with Crippen LogP contribution in [0.25, 0.3) is 10.6 Å². The molecule has 3 rings (SSSR count). The van der Waals surface area contributed by atoms with E-state index >= 15 is 0 Å². The second-order valence-corrected chi connectivity index (χ2v) is 5.53. The third-order valence-electron chi connectivity index (χ3n) is 3.07. The minimum atomic E-state index is -0.480. The van der Waals surface area contributed by atoms with E-state index in [1.54, 1.807) is 35.7 Å². The van der Waals surface area contributed by atoms with Crippen LogP contribution in [0.3, 0.4) is 0 Å². The molecule has 0 N–H and O–H groups in total. The number of thiazole rings is 1. The molecule has 0 atom stereocenters. The molecular weight excluding hydrogens is 319 g/mol. The zero-order valence-corrected chi connectivity index (χ0v) is 12.6. The first-order valence-electron chi connectivity index (χ1n) is 6.70. The van der Waals surface area contributed by atoms with Crippen LogP contribution < -0.4 is 4.74 Å². The highest BCUT2D eigenvalue weighted by molar-refractivity contribution is 7.13. The highest BCUT2D eigenvalue weighted by Crippen LogP contribution is 2.27. The Morgan fingerprint density at radius 2 is 2.04 bits per heavy atom. The van der Waals surface area contributed by atoms with Crippen LogP contribution in [0.1, 0.15) is 5.69 Å². The van der Waals surface area contributed by atoms with Gasteiger partial charge in [0.05, 0.1) is 16.7 Å². The minimum absolute atomic E-state index is 0.0344. The van der Waals surface area contributed by atoms with Crippen LogP contribution in [0, 0.1) is 15.9 Å². The number of hydrogen-bond acceptors (Lipinski definition) is 5. The first kappa shape index (κ1) is 15.1. The van der Waals surface area contributed by atoms with Gasteiger partial charge in [-0.1, -0.05) is 18.2 Å². The normalized spacial score (nSPS) is 10.5. The van der Waals surface area contributed by atoms with E-state index in [2.05, 4.69) is 4.98 Å². The van der Waals surface area contributed by atoms with Gasteiger partial charge in [-0.3, -0.25) is 10.1 Å². The molecule has 0 bridgehead atoms. The van der Waals surface area contributed by atoms with E-state index in [1.165, 1.54) is 29.5 Å². The van der Waals surface area contributed by atoms with Crippen LogP contribution in [-0.2, 0) is 6.61 Å². The number of halogens is 1. The van der Waals surface area contributed by atoms with Crippen LogP contribution in [0.2, 0.25) is 0 Å². The maximum atomic E-state index is 13.7. The van der Waals surface area contributed by atoms with E-state index in [4.69, 9.17) is 4.74 Å². The fraction of sp³-hybridized carbons (Fsp3) is 0.0625. The van der Waals surface area contributed by atoms with Crippen molar-refractivity contribution in [2.24, 2.45) is 0 Å². The molecule has 116 valence electrons. The summed E-state index contributed by atoms with van der Waals surface area (Å²) in [5.74, 6) is 0.0626. The van der Waals surface area contributed by atoms with Crippen molar-refractivity contribution in [3.05, 3.63) is 75.5 Å². The molecule has 0 radical (unpaired) electrons. The second-order valence-electron chi connectivity index (χ2n) is 4.67. The lowest BCUT2D eigenvalue weighted by molar-refractivity contribution is -0.384. The molecule has 0 unspecified atom stereocenters. The summed E-state index contributed by atoms with van der Waals surface area (Å²) >= 11 is 1.32. The maximum absolute atomic E-state index is 13.7. The molecule has 0 saturated carbocycles. The van der Waals surface area contributed by atoms with Crippen molar-refractivity contribution in [3.63, 3.8) is 0 Å². The molecule has 23 heavy (non-hydrogen) atoms. The first-order valence-corrected chi connectivity index (χ1v) is 7.58. The molecule has 0 amide bonds.